The first-order chi connectivity index (χ1) is 5.83. The maximum Gasteiger partial charge on any atom is 0.221 e. The molecule has 0 saturated heterocycles. The Bertz CT molecular complexity index is 241. The van der Waals surface area contributed by atoms with Crippen LogP contribution < -0.4 is 11.1 Å². The molecule has 0 aliphatic carbocycles. The predicted molar refractivity (Wildman–Crippen MR) is 46.8 cm³/mol. The lowest BCUT2D eigenvalue weighted by Gasteiger charge is -2.03. The first-order valence-corrected chi connectivity index (χ1v) is 3.64. The number of rotatable bonds is 4. The molecule has 0 saturated carbocycles. The third-order valence-corrected chi connectivity index (χ3v) is 1.29. The summed E-state index contributed by atoms with van der Waals surface area (Å²) in [5, 5.41) is 3.03. The van der Waals surface area contributed by atoms with Crippen LogP contribution in [0.3, 0.4) is 0 Å². The number of methoxy groups -OCH3 is 1. The van der Waals surface area contributed by atoms with Gasteiger partial charge in [-0.25, -0.2) is 4.98 Å². The molecular formula is C7H12N4O. The Morgan fingerprint density at radius 1 is 1.67 bits per heavy atom. The van der Waals surface area contributed by atoms with E-state index in [2.05, 4.69) is 15.3 Å². The molecule has 66 valence electrons. The number of anilines is 2. The molecule has 1 heterocycles. The molecule has 0 radical (unpaired) electrons. The average molecular weight is 168 g/mol. The van der Waals surface area contributed by atoms with Gasteiger partial charge in [0.15, 0.2) is 0 Å². The van der Waals surface area contributed by atoms with E-state index in [-0.39, 0.29) is 5.95 Å². The van der Waals surface area contributed by atoms with Crippen LogP contribution in [0.5, 0.6) is 0 Å². The Labute approximate surface area is 71.0 Å². The quantitative estimate of drug-likeness (QED) is 0.624. The number of ether oxygens (including phenoxy) is 1. The van der Waals surface area contributed by atoms with Gasteiger partial charge in [-0.3, -0.25) is 0 Å². The number of nitrogens with zero attached hydrogens (tertiary/aromatic N) is 2. The number of nitrogen functional groups attached to an aromatic ring is 1. The molecule has 0 aliphatic rings. The van der Waals surface area contributed by atoms with E-state index < -0.39 is 0 Å². The molecule has 5 nitrogen and oxygen atoms in total. The minimum absolute atomic E-state index is 0.275. The van der Waals surface area contributed by atoms with Crippen LogP contribution in [-0.2, 0) is 4.74 Å². The smallest absolute Gasteiger partial charge is 0.221 e. The van der Waals surface area contributed by atoms with Crippen LogP contribution in [0.1, 0.15) is 0 Å². The standard InChI is InChI=1S/C7H12N4O/c1-12-5-4-9-6-2-3-10-7(8)11-6/h2-3H,4-5H2,1H3,(H3,8,9,10,11). The Hall–Kier alpha value is -1.36. The number of aromatic nitrogens is 2. The highest BCUT2D eigenvalue weighted by atomic mass is 16.5. The second-order valence-corrected chi connectivity index (χ2v) is 2.22. The van der Waals surface area contributed by atoms with Crippen molar-refractivity contribution in [1.29, 1.82) is 0 Å². The van der Waals surface area contributed by atoms with Crippen LogP contribution in [0.2, 0.25) is 0 Å². The van der Waals surface area contributed by atoms with Gasteiger partial charge in [0.2, 0.25) is 5.95 Å². The van der Waals surface area contributed by atoms with Crippen LogP contribution in [-0.4, -0.2) is 30.2 Å². The minimum Gasteiger partial charge on any atom is -0.383 e. The van der Waals surface area contributed by atoms with Crippen molar-refractivity contribution in [3.05, 3.63) is 12.3 Å². The van der Waals surface area contributed by atoms with Gasteiger partial charge >= 0.3 is 0 Å². The lowest BCUT2D eigenvalue weighted by atomic mass is 10.5. The highest BCUT2D eigenvalue weighted by Crippen LogP contribution is 2.01. The fraction of sp³-hybridized carbons (Fsp3) is 0.429. The molecule has 0 aromatic carbocycles. The van der Waals surface area contributed by atoms with Gasteiger partial charge in [0.05, 0.1) is 6.61 Å². The molecule has 0 spiro atoms. The van der Waals surface area contributed by atoms with Crippen molar-refractivity contribution < 1.29 is 4.74 Å². The second-order valence-electron chi connectivity index (χ2n) is 2.22. The molecule has 12 heavy (non-hydrogen) atoms. The van der Waals surface area contributed by atoms with Gasteiger partial charge in [0.1, 0.15) is 5.82 Å². The third kappa shape index (κ3) is 2.71. The summed E-state index contributed by atoms with van der Waals surface area (Å²) in [7, 11) is 1.65. The van der Waals surface area contributed by atoms with Crippen molar-refractivity contribution in [2.75, 3.05) is 31.3 Å². The van der Waals surface area contributed by atoms with E-state index in [0.29, 0.717) is 13.2 Å². The molecule has 0 amide bonds. The second kappa shape index (κ2) is 4.50. The monoisotopic (exact) mass is 168 g/mol. The van der Waals surface area contributed by atoms with Gasteiger partial charge in [0, 0.05) is 19.9 Å². The molecule has 1 aromatic heterocycles. The SMILES string of the molecule is COCCNc1ccnc(N)n1. The van der Waals surface area contributed by atoms with E-state index in [1.54, 1.807) is 19.4 Å². The van der Waals surface area contributed by atoms with Crippen LogP contribution in [0.4, 0.5) is 11.8 Å². The van der Waals surface area contributed by atoms with Crippen molar-refractivity contribution >= 4 is 11.8 Å². The third-order valence-electron chi connectivity index (χ3n) is 1.29. The van der Waals surface area contributed by atoms with Crippen LogP contribution in [0, 0.1) is 0 Å². The van der Waals surface area contributed by atoms with E-state index in [1.165, 1.54) is 0 Å². The van der Waals surface area contributed by atoms with E-state index in [1.807, 2.05) is 0 Å². The summed E-state index contributed by atoms with van der Waals surface area (Å²) in [4.78, 5) is 7.71. The summed E-state index contributed by atoms with van der Waals surface area (Å²) < 4.78 is 4.86. The van der Waals surface area contributed by atoms with Gasteiger partial charge in [-0.2, -0.15) is 4.98 Å². The lowest BCUT2D eigenvalue weighted by molar-refractivity contribution is 0.210. The molecule has 1 rings (SSSR count). The molecule has 0 aliphatic heterocycles. The van der Waals surface area contributed by atoms with Crippen molar-refractivity contribution in [3.8, 4) is 0 Å². The molecule has 0 unspecified atom stereocenters. The Morgan fingerprint density at radius 3 is 3.17 bits per heavy atom. The molecule has 1 aromatic rings. The predicted octanol–water partition coefficient (Wildman–Crippen LogP) is 0.117. The summed E-state index contributed by atoms with van der Waals surface area (Å²) in [6.07, 6.45) is 1.61. The fourth-order valence-corrected chi connectivity index (χ4v) is 0.753. The molecule has 5 heteroatoms. The minimum atomic E-state index is 0.275. The van der Waals surface area contributed by atoms with Crippen LogP contribution in [0.15, 0.2) is 12.3 Å². The zero-order chi connectivity index (χ0) is 8.81. The van der Waals surface area contributed by atoms with Crippen LogP contribution in [0.25, 0.3) is 0 Å². The molecule has 0 bridgehead atoms. The summed E-state index contributed by atoms with van der Waals surface area (Å²) in [6, 6.07) is 1.76. The van der Waals surface area contributed by atoms with Crippen molar-refractivity contribution in [1.82, 2.24) is 9.97 Å². The summed E-state index contributed by atoms with van der Waals surface area (Å²) in [5.41, 5.74) is 5.37. The zero-order valence-electron chi connectivity index (χ0n) is 6.95. The molecule has 0 fully saturated rings. The summed E-state index contributed by atoms with van der Waals surface area (Å²) in [6.45, 7) is 1.36. The maximum atomic E-state index is 5.37. The van der Waals surface area contributed by atoms with E-state index in [4.69, 9.17) is 10.5 Å². The maximum absolute atomic E-state index is 5.37. The molecular weight excluding hydrogens is 156 g/mol. The van der Waals surface area contributed by atoms with Gasteiger partial charge in [0.25, 0.3) is 0 Å². The topological polar surface area (TPSA) is 73.1 Å². The highest BCUT2D eigenvalue weighted by Gasteiger charge is 1.92. The van der Waals surface area contributed by atoms with E-state index >= 15 is 0 Å². The van der Waals surface area contributed by atoms with Crippen molar-refractivity contribution in [2.24, 2.45) is 0 Å². The normalized spacial score (nSPS) is 9.75. The summed E-state index contributed by atoms with van der Waals surface area (Å²) >= 11 is 0. The van der Waals surface area contributed by atoms with Gasteiger partial charge in [-0.05, 0) is 6.07 Å². The number of hydrogen-bond acceptors (Lipinski definition) is 5. The largest absolute Gasteiger partial charge is 0.383 e. The average Bonchev–Trinajstić information content (AvgIpc) is 2.05. The van der Waals surface area contributed by atoms with Gasteiger partial charge in [-0.15, -0.1) is 0 Å². The van der Waals surface area contributed by atoms with Gasteiger partial charge in [-0.1, -0.05) is 0 Å². The summed E-state index contributed by atoms with van der Waals surface area (Å²) in [5.74, 6) is 0.997. The van der Waals surface area contributed by atoms with Crippen molar-refractivity contribution in [3.63, 3.8) is 0 Å². The van der Waals surface area contributed by atoms with E-state index in [9.17, 15) is 0 Å². The Balaban J connectivity index is 2.41. The number of hydrogen-bond donors (Lipinski definition) is 2. The fourth-order valence-electron chi connectivity index (χ4n) is 0.753. The first kappa shape index (κ1) is 8.73. The number of nitrogens with two attached hydrogens (primary N) is 1. The van der Waals surface area contributed by atoms with Gasteiger partial charge < -0.3 is 15.8 Å². The zero-order valence-corrected chi connectivity index (χ0v) is 6.95. The molecule has 3 N–H and O–H groups in total. The van der Waals surface area contributed by atoms with E-state index in [0.717, 1.165) is 5.82 Å². The van der Waals surface area contributed by atoms with Crippen molar-refractivity contribution in [2.45, 2.75) is 0 Å². The first-order valence-electron chi connectivity index (χ1n) is 3.64. The Morgan fingerprint density at radius 2 is 2.50 bits per heavy atom. The highest BCUT2D eigenvalue weighted by molar-refractivity contribution is 5.36. The number of nitrogens with one attached hydrogen (secondary N) is 1. The lowest BCUT2D eigenvalue weighted by Crippen LogP contribution is -2.09. The van der Waals surface area contributed by atoms with Crippen LogP contribution >= 0.6 is 0 Å². The molecule has 0 atom stereocenters. The Kier molecular flexibility index (Phi) is 3.28.